The zero-order valence-corrected chi connectivity index (χ0v) is 40.7. The lowest BCUT2D eigenvalue weighted by Gasteiger charge is -2.36. The van der Waals surface area contributed by atoms with Crippen molar-refractivity contribution in [3.05, 3.63) is 47.7 Å². The number of para-hydroxylation sites is 1. The molecule has 68 heavy (non-hydrogen) atoms. The number of hydrogen-bond acceptors (Lipinski definition) is 19. The number of nitrogens with two attached hydrogens (primary N) is 1. The third-order valence-corrected chi connectivity index (χ3v) is 15.3. The average Bonchev–Trinajstić information content (AvgIpc) is 3.97. The molecule has 2 aliphatic rings. The van der Waals surface area contributed by atoms with Crippen molar-refractivity contribution in [3.8, 4) is 0 Å². The normalized spacial score (nSPS) is 23.2. The largest absolute Gasteiger partial charge is 0.481 e. The van der Waals surface area contributed by atoms with Gasteiger partial charge in [-0.15, -0.1) is 0 Å². The van der Waals surface area contributed by atoms with E-state index in [1.54, 1.807) is 0 Å². The maximum absolute atomic E-state index is 13.2. The lowest BCUT2D eigenvalue weighted by atomic mass is 9.86. The molecule has 11 N–H and O–H groups in total. The van der Waals surface area contributed by atoms with E-state index in [2.05, 4.69) is 58.5 Å². The number of nitrogens with one attached hydrogen (secondary N) is 3. The number of aliphatic hydroxyl groups excluding tert-OH is 2. The summed E-state index contributed by atoms with van der Waals surface area (Å²) in [5.41, 5.74) is 7.82. The number of phosphoric acid groups is 3. The number of carbonyl (C=O) groups is 3. The van der Waals surface area contributed by atoms with Crippen molar-refractivity contribution in [1.29, 1.82) is 0 Å². The van der Waals surface area contributed by atoms with Crippen LogP contribution in [0.2, 0.25) is 0 Å². The second-order valence-corrected chi connectivity index (χ2v) is 22.0. The molecule has 30 heteroatoms. The SMILES string of the molecule is CCc1cccc2c3c([nH]c12)C(CC)(CC(=O)SCCNC(=O)CCNC(=O)C(O)C(C)(C)COP(=O)(O)OP(=O)(O)OCC1OC(n2cnc4c(N)ncnc42)C(O)C1OP(=O)(O)O)OCC3. The van der Waals surface area contributed by atoms with Gasteiger partial charge in [0.25, 0.3) is 0 Å². The Hall–Kier alpha value is -3.72. The summed E-state index contributed by atoms with van der Waals surface area (Å²) < 4.78 is 68.9. The highest BCUT2D eigenvalue weighted by molar-refractivity contribution is 8.13. The quantitative estimate of drug-likeness (QED) is 0.0375. The van der Waals surface area contributed by atoms with Crippen molar-refractivity contribution >= 4 is 80.0 Å². The van der Waals surface area contributed by atoms with Gasteiger partial charge in [0.2, 0.25) is 11.8 Å². The minimum atomic E-state index is -5.59. The zero-order chi connectivity index (χ0) is 49.8. The van der Waals surface area contributed by atoms with E-state index in [4.69, 9.17) is 24.3 Å². The van der Waals surface area contributed by atoms with E-state index in [0.29, 0.717) is 13.0 Å². The van der Waals surface area contributed by atoms with Gasteiger partial charge in [0.15, 0.2) is 22.8 Å². The number of ether oxygens (including phenoxy) is 2. The van der Waals surface area contributed by atoms with Crippen LogP contribution in [0.1, 0.15) is 70.0 Å². The Morgan fingerprint density at radius 2 is 1.81 bits per heavy atom. The Labute approximate surface area is 392 Å². The molecule has 3 aromatic heterocycles. The fourth-order valence-corrected chi connectivity index (χ4v) is 11.4. The van der Waals surface area contributed by atoms with Crippen LogP contribution in [-0.4, -0.2) is 134 Å². The highest BCUT2D eigenvalue weighted by Gasteiger charge is 2.50. The van der Waals surface area contributed by atoms with Gasteiger partial charge in [-0.25, -0.2) is 28.6 Å². The molecule has 4 aromatic rings. The molecule has 0 bridgehead atoms. The van der Waals surface area contributed by atoms with Crippen molar-refractivity contribution < 1.29 is 85.2 Å². The molecule has 0 spiro atoms. The van der Waals surface area contributed by atoms with Crippen LogP contribution in [0, 0.1) is 5.41 Å². The van der Waals surface area contributed by atoms with E-state index in [1.165, 1.54) is 25.0 Å². The van der Waals surface area contributed by atoms with Crippen LogP contribution >= 0.6 is 35.2 Å². The van der Waals surface area contributed by atoms with Crippen LogP contribution in [0.15, 0.2) is 30.9 Å². The maximum atomic E-state index is 13.2. The molecule has 5 heterocycles. The van der Waals surface area contributed by atoms with Crippen molar-refractivity contribution in [1.82, 2.24) is 35.1 Å². The number of benzene rings is 1. The van der Waals surface area contributed by atoms with Crippen molar-refractivity contribution in [3.63, 3.8) is 0 Å². The van der Waals surface area contributed by atoms with Gasteiger partial charge >= 0.3 is 23.5 Å². The Kier molecular flexibility index (Phi) is 17.1. The first kappa shape index (κ1) is 53.6. The molecule has 376 valence electrons. The molecule has 2 amide bonds. The van der Waals surface area contributed by atoms with Crippen molar-refractivity contribution in [2.24, 2.45) is 5.41 Å². The number of hydrogen-bond donors (Lipinski definition) is 10. The highest BCUT2D eigenvalue weighted by Crippen LogP contribution is 2.61. The second kappa shape index (κ2) is 21.7. The molecule has 6 rings (SSSR count). The summed E-state index contributed by atoms with van der Waals surface area (Å²) in [5, 5.41) is 27.8. The van der Waals surface area contributed by atoms with Gasteiger partial charge in [0.1, 0.15) is 41.9 Å². The van der Waals surface area contributed by atoms with Gasteiger partial charge in [0, 0.05) is 41.6 Å². The molecule has 1 saturated heterocycles. The Morgan fingerprint density at radius 1 is 1.07 bits per heavy atom. The smallest absolute Gasteiger partial charge is 0.386 e. The van der Waals surface area contributed by atoms with Gasteiger partial charge < -0.3 is 60.6 Å². The highest BCUT2D eigenvalue weighted by atomic mass is 32.2. The van der Waals surface area contributed by atoms with Crippen LogP contribution in [0.25, 0.3) is 22.1 Å². The fraction of sp³-hybridized carbons (Fsp3) is 0.579. The predicted octanol–water partition coefficient (Wildman–Crippen LogP) is 1.98. The van der Waals surface area contributed by atoms with Crippen molar-refractivity contribution in [2.45, 2.75) is 96.0 Å². The van der Waals surface area contributed by atoms with E-state index >= 15 is 0 Å². The number of aromatic amines is 1. The summed E-state index contributed by atoms with van der Waals surface area (Å²) >= 11 is 1.07. The number of H-pyrrole nitrogens is 1. The van der Waals surface area contributed by atoms with Crippen LogP contribution < -0.4 is 16.4 Å². The zero-order valence-electron chi connectivity index (χ0n) is 37.3. The molecule has 0 aliphatic carbocycles. The first-order valence-electron chi connectivity index (χ1n) is 21.2. The fourth-order valence-electron chi connectivity index (χ4n) is 7.82. The molecule has 26 nitrogen and oxygen atoms in total. The summed E-state index contributed by atoms with van der Waals surface area (Å²) in [7, 11) is -16.5. The topological polar surface area (TPSA) is 389 Å². The molecular weight excluding hydrogens is 981 g/mol. The summed E-state index contributed by atoms with van der Waals surface area (Å²) in [5.74, 6) is -1.20. The standard InChI is InChI=1S/C38H55N8O18P3S/c1-5-21-8-7-9-22-23-11-14-59-38(6-2,31(23)45-27(21)22)16-26(48)68-15-13-40-25(47)10-12-41-35(51)32(50)37(3,4)18-61-67(57,58)64-66(55,56)60-17-24-30(63-65(52,53)54)29(49)36(62-24)46-20-44-28-33(39)42-19-43-34(28)46/h7-9,19-20,24,29-30,32,36,45,49-50H,5-6,10-18H2,1-4H3,(H,40,47)(H,41,51)(H,55,56)(H,57,58)(H2,39,42,43)(H2,52,53,54). The number of aliphatic hydroxyl groups is 2. The third-order valence-electron chi connectivity index (χ3n) is 11.4. The number of thioether (sulfide) groups is 1. The Morgan fingerprint density at radius 3 is 2.51 bits per heavy atom. The monoisotopic (exact) mass is 1040 g/mol. The summed E-state index contributed by atoms with van der Waals surface area (Å²) in [6.45, 7) is 4.98. The minimum absolute atomic E-state index is 0.0278. The Bertz CT molecular complexity index is 2630. The molecule has 2 aliphatic heterocycles. The number of amides is 2. The minimum Gasteiger partial charge on any atom is -0.386 e. The summed E-state index contributed by atoms with van der Waals surface area (Å²) in [4.78, 5) is 93.4. The number of fused-ring (bicyclic) bond motifs is 4. The predicted molar refractivity (Wildman–Crippen MR) is 241 cm³/mol. The van der Waals surface area contributed by atoms with E-state index < -0.39 is 90.2 Å². The van der Waals surface area contributed by atoms with Crippen LogP contribution in [0.5, 0.6) is 0 Å². The third kappa shape index (κ3) is 12.8. The maximum Gasteiger partial charge on any atom is 0.481 e. The number of anilines is 1. The van der Waals surface area contributed by atoms with E-state index in [1.807, 2.05) is 13.0 Å². The van der Waals surface area contributed by atoms with Gasteiger partial charge in [-0.2, -0.15) is 4.31 Å². The summed E-state index contributed by atoms with van der Waals surface area (Å²) in [6.07, 6.45) is -4.67. The van der Waals surface area contributed by atoms with Crippen LogP contribution in [0.3, 0.4) is 0 Å². The molecular formula is C38H55N8O18P3S. The van der Waals surface area contributed by atoms with Crippen molar-refractivity contribution in [2.75, 3.05) is 44.4 Å². The first-order chi connectivity index (χ1) is 31.9. The van der Waals surface area contributed by atoms with Gasteiger partial charge in [0.05, 0.1) is 38.3 Å². The van der Waals surface area contributed by atoms with E-state index in [0.717, 1.165) is 58.4 Å². The molecule has 0 saturated carbocycles. The lowest BCUT2D eigenvalue weighted by Crippen LogP contribution is -2.46. The first-order valence-corrected chi connectivity index (χ1v) is 26.7. The number of phosphoric ester groups is 3. The lowest BCUT2D eigenvalue weighted by molar-refractivity contribution is -0.137. The Balaban J connectivity index is 0.914. The number of imidazole rings is 1. The van der Waals surface area contributed by atoms with Gasteiger partial charge in [-0.1, -0.05) is 57.7 Å². The number of rotatable bonds is 23. The average molecular weight is 1040 g/mol. The van der Waals surface area contributed by atoms with Crippen LogP contribution in [-0.2, 0) is 73.9 Å². The number of aromatic nitrogens is 5. The number of aryl methyl sites for hydroxylation is 1. The molecule has 8 unspecified atom stereocenters. The van der Waals surface area contributed by atoms with E-state index in [-0.39, 0.29) is 53.8 Å². The van der Waals surface area contributed by atoms with E-state index in [9.17, 15) is 57.9 Å². The van der Waals surface area contributed by atoms with Crippen LogP contribution in [0.4, 0.5) is 5.82 Å². The number of carbonyl (C=O) groups excluding carboxylic acids is 3. The molecule has 1 fully saturated rings. The van der Waals surface area contributed by atoms with Gasteiger partial charge in [-0.3, -0.25) is 32.5 Å². The summed E-state index contributed by atoms with van der Waals surface area (Å²) in [6, 6.07) is 6.21. The molecule has 1 aromatic carbocycles. The molecule has 8 atom stereocenters. The second-order valence-electron chi connectivity index (χ2n) is 16.6. The van der Waals surface area contributed by atoms with Gasteiger partial charge in [-0.05, 0) is 30.4 Å². The molecule has 0 radical (unpaired) electrons. The number of nitrogens with zero attached hydrogens (tertiary/aromatic N) is 4. The number of nitrogen functional groups attached to an aromatic ring is 1.